The van der Waals surface area contributed by atoms with E-state index in [9.17, 15) is 18.8 Å². The Morgan fingerprint density at radius 3 is 2.54 bits per heavy atom. The van der Waals surface area contributed by atoms with Crippen molar-refractivity contribution in [3.63, 3.8) is 0 Å². The molecule has 5 rings (SSSR count). The largest absolute Gasteiger partial charge is 0.488 e. The number of nitrogens with zero attached hydrogens (tertiary/aromatic N) is 4. The highest BCUT2D eigenvalue weighted by Gasteiger charge is 2.37. The zero-order valence-corrected chi connectivity index (χ0v) is 27.8. The third kappa shape index (κ3) is 8.23. The maximum absolute atomic E-state index is 15.1. The highest BCUT2D eigenvalue weighted by atomic mass is 32.2. The maximum atomic E-state index is 15.1. The number of rotatable bonds is 11. The van der Waals surface area contributed by atoms with Crippen molar-refractivity contribution in [2.75, 3.05) is 18.0 Å². The summed E-state index contributed by atoms with van der Waals surface area (Å²) in [4.78, 5) is 45.3. The van der Waals surface area contributed by atoms with Gasteiger partial charge in [0.05, 0.1) is 28.9 Å². The number of hydrogen-bond donors (Lipinski definition) is 1. The molecule has 2 amide bonds. The van der Waals surface area contributed by atoms with E-state index >= 15 is 4.39 Å². The lowest BCUT2D eigenvalue weighted by atomic mass is 10.1. The molecule has 13 heteroatoms. The predicted molar refractivity (Wildman–Crippen MR) is 175 cm³/mol. The number of carbonyl (C=O) groups excluding carboxylic acids is 3. The molecule has 252 valence electrons. The first kappa shape index (κ1) is 34.6. The summed E-state index contributed by atoms with van der Waals surface area (Å²) >= 11 is 1.47. The Labute approximate surface area is 282 Å². The molecule has 1 atom stereocenters. The second-order valence-electron chi connectivity index (χ2n) is 12.7. The van der Waals surface area contributed by atoms with Gasteiger partial charge in [0.2, 0.25) is 11.9 Å². The molecule has 0 spiro atoms. The number of halogens is 2. The highest BCUT2D eigenvalue weighted by molar-refractivity contribution is 7.99. The number of thioether (sulfide) groups is 1. The number of aromatic nitrogens is 1. The average Bonchev–Trinajstić information content (AvgIpc) is 3.36. The lowest BCUT2D eigenvalue weighted by Crippen LogP contribution is -2.45. The third-order valence-electron chi connectivity index (χ3n) is 8.13. The number of hydrogen-bond acceptors (Lipinski definition) is 9. The fourth-order valence-corrected chi connectivity index (χ4v) is 6.87. The highest BCUT2D eigenvalue weighted by Crippen LogP contribution is 2.35. The smallest absolute Gasteiger partial charge is 0.306 e. The molecule has 1 aromatic heterocycles. The monoisotopic (exact) mass is 677 g/mol. The lowest BCUT2D eigenvalue weighted by Gasteiger charge is -2.33. The molecule has 3 heterocycles. The van der Waals surface area contributed by atoms with Gasteiger partial charge < -0.3 is 25.0 Å². The Kier molecular flexibility index (Phi) is 10.5. The number of ether oxygens (including phenoxy) is 2. The minimum absolute atomic E-state index is 0.0101. The van der Waals surface area contributed by atoms with Crippen molar-refractivity contribution in [3.05, 3.63) is 82.5 Å². The van der Waals surface area contributed by atoms with E-state index in [0.717, 1.165) is 12.8 Å². The number of pyridine rings is 1. The normalized spacial score (nSPS) is 15.5. The van der Waals surface area contributed by atoms with Crippen LogP contribution in [0.1, 0.15) is 73.5 Å². The molecule has 2 aliphatic rings. The van der Waals surface area contributed by atoms with Crippen LogP contribution in [-0.2, 0) is 27.5 Å². The van der Waals surface area contributed by atoms with Crippen LogP contribution in [0.5, 0.6) is 5.75 Å². The summed E-state index contributed by atoms with van der Waals surface area (Å²) in [5, 5.41) is 9.69. The summed E-state index contributed by atoms with van der Waals surface area (Å²) < 4.78 is 40.9. The number of benzene rings is 2. The first-order valence-corrected chi connectivity index (χ1v) is 16.5. The zero-order chi connectivity index (χ0) is 34.6. The first-order chi connectivity index (χ1) is 22.8. The molecule has 2 N–H and O–H groups in total. The number of carbonyl (C=O) groups is 3. The van der Waals surface area contributed by atoms with Crippen LogP contribution in [0, 0.1) is 23.1 Å². The molecule has 0 bridgehead atoms. The molecular weight excluding hydrogens is 640 g/mol. The Morgan fingerprint density at radius 2 is 1.90 bits per heavy atom. The van der Waals surface area contributed by atoms with Gasteiger partial charge in [0.15, 0.2) is 0 Å². The molecule has 1 unspecified atom stereocenters. The lowest BCUT2D eigenvalue weighted by molar-refractivity contribution is -0.155. The summed E-state index contributed by atoms with van der Waals surface area (Å²) in [6.07, 6.45) is 1.43. The van der Waals surface area contributed by atoms with Crippen LogP contribution in [0.4, 0.5) is 14.5 Å². The fraction of sp³-hybridized carbons (Fsp3) is 0.400. The number of anilines is 1. The molecule has 1 saturated heterocycles. The number of primary amides is 1. The van der Waals surface area contributed by atoms with Gasteiger partial charge in [-0.25, -0.2) is 9.37 Å². The molecule has 48 heavy (non-hydrogen) atoms. The van der Waals surface area contributed by atoms with Gasteiger partial charge in [-0.3, -0.25) is 14.4 Å². The summed E-state index contributed by atoms with van der Waals surface area (Å²) in [6, 6.07) is 13.7. The number of nitriles is 1. The molecule has 0 aliphatic carbocycles. The molecule has 0 saturated carbocycles. The average molecular weight is 678 g/mol. The van der Waals surface area contributed by atoms with Crippen LogP contribution < -0.4 is 15.4 Å². The van der Waals surface area contributed by atoms with E-state index in [0.29, 0.717) is 40.7 Å². The van der Waals surface area contributed by atoms with E-state index in [-0.39, 0.29) is 42.4 Å². The molecule has 0 radical (unpaired) electrons. The van der Waals surface area contributed by atoms with Crippen molar-refractivity contribution < 1.29 is 32.6 Å². The Bertz CT molecular complexity index is 1750. The van der Waals surface area contributed by atoms with Crippen molar-refractivity contribution in [1.29, 1.82) is 5.26 Å². The van der Waals surface area contributed by atoms with Crippen molar-refractivity contribution in [2.24, 2.45) is 5.73 Å². The standard InChI is InChI=1S/C35H37F2N5O5S/c1-35(2,3)47-31(43)12-10-28(33(39)44)42-19-25-24(34(42)45)5-4-6-29(25)46-20-22-8-11-30(40-32(22)37)48-23-13-15-41(16-14-23)27-9-7-21(18-38)17-26(27)36/h4-9,11,17,23,28H,10,12-16,19-20H2,1-3H3,(H2,39,44). The fourth-order valence-electron chi connectivity index (χ4n) is 5.81. The Hall–Kier alpha value is -4.70. The Balaban J connectivity index is 1.17. The van der Waals surface area contributed by atoms with E-state index < -0.39 is 41.2 Å². The van der Waals surface area contributed by atoms with Gasteiger partial charge in [0.25, 0.3) is 5.91 Å². The molecule has 1 fully saturated rings. The van der Waals surface area contributed by atoms with Crippen LogP contribution in [0.2, 0.25) is 0 Å². The number of esters is 1. The number of piperidine rings is 1. The topological polar surface area (TPSA) is 139 Å². The van der Waals surface area contributed by atoms with E-state index in [2.05, 4.69) is 4.98 Å². The minimum Gasteiger partial charge on any atom is -0.488 e. The van der Waals surface area contributed by atoms with Gasteiger partial charge in [0, 0.05) is 41.5 Å². The van der Waals surface area contributed by atoms with E-state index in [1.807, 2.05) is 11.0 Å². The number of fused-ring (bicyclic) bond motifs is 1. The van der Waals surface area contributed by atoms with Crippen LogP contribution in [0.15, 0.2) is 53.6 Å². The van der Waals surface area contributed by atoms with Gasteiger partial charge in [-0.15, -0.1) is 11.8 Å². The van der Waals surface area contributed by atoms with E-state index in [4.69, 9.17) is 20.5 Å². The maximum Gasteiger partial charge on any atom is 0.306 e. The molecule has 3 aromatic rings. The third-order valence-corrected chi connectivity index (χ3v) is 9.40. The van der Waals surface area contributed by atoms with Crippen LogP contribution in [0.3, 0.4) is 0 Å². The quantitative estimate of drug-likeness (QED) is 0.206. The first-order valence-electron chi connectivity index (χ1n) is 15.7. The molecule has 2 aromatic carbocycles. The molecule has 2 aliphatic heterocycles. The van der Waals surface area contributed by atoms with Crippen LogP contribution >= 0.6 is 11.8 Å². The van der Waals surface area contributed by atoms with Crippen molar-refractivity contribution in [1.82, 2.24) is 9.88 Å². The van der Waals surface area contributed by atoms with Crippen molar-refractivity contribution in [2.45, 2.75) is 81.5 Å². The van der Waals surface area contributed by atoms with Crippen molar-refractivity contribution in [3.8, 4) is 11.8 Å². The summed E-state index contributed by atoms with van der Waals surface area (Å²) in [6.45, 7) is 6.38. The SMILES string of the molecule is CC(C)(C)OC(=O)CCC(C(N)=O)N1Cc2c(OCc3ccc(SC4CCN(c5ccc(C#N)cc5F)CC4)nc3F)cccc2C1=O. The summed E-state index contributed by atoms with van der Waals surface area (Å²) in [7, 11) is 0. The van der Waals surface area contributed by atoms with E-state index in [1.54, 1.807) is 63.2 Å². The van der Waals surface area contributed by atoms with Gasteiger partial charge in [0.1, 0.15) is 29.8 Å². The zero-order valence-electron chi connectivity index (χ0n) is 27.0. The minimum atomic E-state index is -1.03. The van der Waals surface area contributed by atoms with Crippen molar-refractivity contribution >= 4 is 35.2 Å². The van der Waals surface area contributed by atoms with Crippen LogP contribution in [-0.4, -0.2) is 57.6 Å². The molecule has 10 nitrogen and oxygen atoms in total. The summed E-state index contributed by atoms with van der Waals surface area (Å²) in [5.74, 6) is -2.37. The number of amides is 2. The predicted octanol–water partition coefficient (Wildman–Crippen LogP) is 5.50. The Morgan fingerprint density at radius 1 is 1.15 bits per heavy atom. The van der Waals surface area contributed by atoms with Gasteiger partial charge in [-0.1, -0.05) is 6.07 Å². The van der Waals surface area contributed by atoms with Gasteiger partial charge in [-0.2, -0.15) is 9.65 Å². The second-order valence-corrected chi connectivity index (χ2v) is 14.0. The van der Waals surface area contributed by atoms with Crippen LogP contribution in [0.25, 0.3) is 0 Å². The second kappa shape index (κ2) is 14.6. The van der Waals surface area contributed by atoms with Gasteiger partial charge in [-0.05, 0) is 82.5 Å². The number of nitrogens with two attached hydrogens (primary N) is 1. The van der Waals surface area contributed by atoms with E-state index in [1.165, 1.54) is 22.7 Å². The summed E-state index contributed by atoms with van der Waals surface area (Å²) in [5.41, 5.74) is 6.82. The molecular formula is C35H37F2N5O5S. The van der Waals surface area contributed by atoms with Gasteiger partial charge >= 0.3 is 5.97 Å².